The van der Waals surface area contributed by atoms with Crippen LogP contribution in [-0.2, 0) is 0 Å². The van der Waals surface area contributed by atoms with Crippen LogP contribution in [0, 0.1) is 16.3 Å². The Morgan fingerprint density at radius 3 is 2.71 bits per heavy atom. The minimum atomic E-state index is -0.384. The van der Waals surface area contributed by atoms with Gasteiger partial charge in [-0.2, -0.15) is 5.10 Å². The summed E-state index contributed by atoms with van der Waals surface area (Å²) >= 11 is 2.07. The molecule has 1 aromatic heterocycles. The highest BCUT2D eigenvalue weighted by Crippen LogP contribution is 2.18. The summed E-state index contributed by atoms with van der Waals surface area (Å²) in [5, 5.41) is 8.31. The van der Waals surface area contributed by atoms with Crippen molar-refractivity contribution in [1.29, 1.82) is 0 Å². The van der Waals surface area contributed by atoms with Crippen LogP contribution in [0.25, 0.3) is 0 Å². The van der Waals surface area contributed by atoms with Gasteiger partial charge in [0.05, 0.1) is 11.3 Å². The van der Waals surface area contributed by atoms with E-state index in [1.165, 1.54) is 12.1 Å². The van der Waals surface area contributed by atoms with Crippen LogP contribution >= 0.6 is 22.6 Å². The van der Waals surface area contributed by atoms with Crippen LogP contribution < -0.4 is 4.90 Å². The highest BCUT2D eigenvalue weighted by molar-refractivity contribution is 14.1. The summed E-state index contributed by atoms with van der Waals surface area (Å²) in [6, 6.07) is 8.21. The molecule has 0 radical (unpaired) electrons. The van der Waals surface area contributed by atoms with E-state index in [1.807, 2.05) is 19.1 Å². The van der Waals surface area contributed by atoms with E-state index < -0.39 is 0 Å². The fourth-order valence-electron chi connectivity index (χ4n) is 2.74. The summed E-state index contributed by atoms with van der Waals surface area (Å²) in [6.45, 7) is 4.65. The lowest BCUT2D eigenvalue weighted by Crippen LogP contribution is -2.35. The second-order valence-corrected chi connectivity index (χ2v) is 6.95. The fourth-order valence-corrected chi connectivity index (χ4v) is 3.31. The minimum absolute atomic E-state index is 0.115. The number of carbonyl (C=O) groups excluding carboxylic acids is 1. The molecule has 126 valence electrons. The van der Waals surface area contributed by atoms with Crippen molar-refractivity contribution >= 4 is 34.3 Å². The van der Waals surface area contributed by atoms with Gasteiger partial charge in [0.2, 0.25) is 0 Å². The van der Waals surface area contributed by atoms with Crippen molar-refractivity contribution in [3.8, 4) is 0 Å². The van der Waals surface area contributed by atoms with E-state index in [1.54, 1.807) is 11.0 Å². The molecular weight excluding hydrogens is 422 g/mol. The second-order valence-electron chi connectivity index (χ2n) is 5.79. The number of aryl methyl sites for hydroxylation is 1. The molecule has 0 aliphatic carbocycles. The summed E-state index contributed by atoms with van der Waals surface area (Å²) < 4.78 is 14.2. The number of anilines is 1. The average molecular weight is 440 g/mol. The van der Waals surface area contributed by atoms with Crippen LogP contribution in [0.15, 0.2) is 30.3 Å². The smallest absolute Gasteiger partial charge is 0.255 e. The molecule has 1 aromatic carbocycles. The molecule has 0 N–H and O–H groups in total. The number of halogens is 2. The van der Waals surface area contributed by atoms with Gasteiger partial charge in [-0.25, -0.2) is 4.39 Å². The predicted octanol–water partition coefficient (Wildman–Crippen LogP) is 2.88. The molecule has 1 aliphatic rings. The zero-order chi connectivity index (χ0) is 17.1. The van der Waals surface area contributed by atoms with Crippen LogP contribution in [0.4, 0.5) is 10.2 Å². The Balaban J connectivity index is 1.72. The van der Waals surface area contributed by atoms with E-state index in [9.17, 15) is 9.18 Å². The molecule has 5 nitrogen and oxygen atoms in total. The van der Waals surface area contributed by atoms with Crippen molar-refractivity contribution in [2.45, 2.75) is 13.3 Å². The fraction of sp³-hybridized carbons (Fsp3) is 0.353. The SMILES string of the molecule is Cc1ccc(N2CCCN(C(=O)c3cc(F)ccc3I)CC2)nn1. The maximum atomic E-state index is 13.5. The van der Waals surface area contributed by atoms with E-state index in [4.69, 9.17) is 0 Å². The summed E-state index contributed by atoms with van der Waals surface area (Å²) in [5.74, 6) is 0.330. The molecule has 2 heterocycles. The number of hydrogen-bond donors (Lipinski definition) is 0. The van der Waals surface area contributed by atoms with Crippen LogP contribution in [0.1, 0.15) is 22.5 Å². The number of aromatic nitrogens is 2. The highest BCUT2D eigenvalue weighted by Gasteiger charge is 2.22. The highest BCUT2D eigenvalue weighted by atomic mass is 127. The quantitative estimate of drug-likeness (QED) is 0.675. The molecule has 0 spiro atoms. The van der Waals surface area contributed by atoms with Crippen molar-refractivity contribution in [3.63, 3.8) is 0 Å². The second kappa shape index (κ2) is 7.42. The molecule has 1 aliphatic heterocycles. The third-order valence-electron chi connectivity index (χ3n) is 4.05. The Labute approximate surface area is 154 Å². The lowest BCUT2D eigenvalue weighted by atomic mass is 10.2. The number of rotatable bonds is 2. The van der Waals surface area contributed by atoms with E-state index in [-0.39, 0.29) is 11.7 Å². The molecule has 0 bridgehead atoms. The Kier molecular flexibility index (Phi) is 5.27. The summed E-state index contributed by atoms with van der Waals surface area (Å²) in [6.07, 6.45) is 0.840. The van der Waals surface area contributed by atoms with Crippen molar-refractivity contribution in [3.05, 3.63) is 51.0 Å². The lowest BCUT2D eigenvalue weighted by molar-refractivity contribution is 0.0765. The van der Waals surface area contributed by atoms with Crippen LogP contribution in [0.5, 0.6) is 0 Å². The van der Waals surface area contributed by atoms with Gasteiger partial charge in [-0.3, -0.25) is 4.79 Å². The minimum Gasteiger partial charge on any atom is -0.353 e. The average Bonchev–Trinajstić information content (AvgIpc) is 2.83. The molecule has 0 unspecified atom stereocenters. The first-order valence-corrected chi connectivity index (χ1v) is 8.92. The molecule has 7 heteroatoms. The summed E-state index contributed by atoms with van der Waals surface area (Å²) in [7, 11) is 0. The first kappa shape index (κ1) is 17.1. The third kappa shape index (κ3) is 3.82. The molecule has 0 saturated carbocycles. The maximum Gasteiger partial charge on any atom is 0.255 e. The molecular formula is C17H18FIN4O. The Morgan fingerprint density at radius 1 is 1.12 bits per heavy atom. The maximum absolute atomic E-state index is 13.5. The van der Waals surface area contributed by atoms with Gasteiger partial charge in [-0.05, 0) is 66.3 Å². The van der Waals surface area contributed by atoms with Crippen LogP contribution in [0.3, 0.4) is 0 Å². The number of benzene rings is 1. The molecule has 2 aromatic rings. The van der Waals surface area contributed by atoms with Crippen molar-refractivity contribution in [2.75, 3.05) is 31.1 Å². The van der Waals surface area contributed by atoms with Crippen LogP contribution in [-0.4, -0.2) is 47.2 Å². The standard InChI is InChI=1S/C17H18FIN4O/c1-12-3-6-16(21-20-12)22-7-2-8-23(10-9-22)17(24)14-11-13(18)4-5-15(14)19/h3-6,11H,2,7-10H2,1H3. The van der Waals surface area contributed by atoms with E-state index in [2.05, 4.69) is 37.7 Å². The van der Waals surface area contributed by atoms with E-state index >= 15 is 0 Å². The number of carbonyl (C=O) groups is 1. The van der Waals surface area contributed by atoms with Crippen LogP contribution in [0.2, 0.25) is 0 Å². The van der Waals surface area contributed by atoms with Crippen molar-refractivity contribution in [1.82, 2.24) is 15.1 Å². The Hall–Kier alpha value is -1.77. The first-order chi connectivity index (χ1) is 11.5. The first-order valence-electron chi connectivity index (χ1n) is 7.84. The monoisotopic (exact) mass is 440 g/mol. The molecule has 1 fully saturated rings. The summed E-state index contributed by atoms with van der Waals surface area (Å²) in [4.78, 5) is 16.6. The zero-order valence-corrected chi connectivity index (χ0v) is 15.5. The topological polar surface area (TPSA) is 49.3 Å². The molecule has 1 amide bonds. The van der Waals surface area contributed by atoms with Gasteiger partial charge in [0.1, 0.15) is 5.82 Å². The van der Waals surface area contributed by atoms with Gasteiger partial charge in [0, 0.05) is 29.7 Å². The van der Waals surface area contributed by atoms with Gasteiger partial charge >= 0.3 is 0 Å². The molecule has 0 atom stereocenters. The van der Waals surface area contributed by atoms with Gasteiger partial charge < -0.3 is 9.80 Å². The van der Waals surface area contributed by atoms with Gasteiger partial charge in [0.25, 0.3) is 5.91 Å². The Bertz CT molecular complexity index is 738. The van der Waals surface area contributed by atoms with Crippen molar-refractivity contribution < 1.29 is 9.18 Å². The number of nitrogens with zero attached hydrogens (tertiary/aromatic N) is 4. The normalized spacial score (nSPS) is 15.3. The van der Waals surface area contributed by atoms with Crippen molar-refractivity contribution in [2.24, 2.45) is 0 Å². The van der Waals surface area contributed by atoms with E-state index in [0.717, 1.165) is 28.0 Å². The largest absolute Gasteiger partial charge is 0.353 e. The Morgan fingerprint density at radius 2 is 1.96 bits per heavy atom. The lowest BCUT2D eigenvalue weighted by Gasteiger charge is -2.23. The molecule has 24 heavy (non-hydrogen) atoms. The third-order valence-corrected chi connectivity index (χ3v) is 4.99. The number of hydrogen-bond acceptors (Lipinski definition) is 4. The molecule has 3 rings (SSSR count). The van der Waals surface area contributed by atoms with Gasteiger partial charge in [-0.1, -0.05) is 0 Å². The van der Waals surface area contributed by atoms with Gasteiger partial charge in [-0.15, -0.1) is 5.10 Å². The predicted molar refractivity (Wildman–Crippen MR) is 98.6 cm³/mol. The zero-order valence-electron chi connectivity index (χ0n) is 13.4. The number of amides is 1. The molecule has 1 saturated heterocycles. The summed E-state index contributed by atoms with van der Waals surface area (Å²) in [5.41, 5.74) is 1.31. The van der Waals surface area contributed by atoms with Gasteiger partial charge in [0.15, 0.2) is 5.82 Å². The van der Waals surface area contributed by atoms with E-state index in [0.29, 0.717) is 25.2 Å².